The lowest BCUT2D eigenvalue weighted by Crippen LogP contribution is -2.45. The highest BCUT2D eigenvalue weighted by atomic mass is 32.1. The minimum atomic E-state index is 0.109. The number of benzene rings is 1. The van der Waals surface area contributed by atoms with Gasteiger partial charge in [-0.05, 0) is 48.1 Å². The van der Waals surface area contributed by atoms with E-state index in [1.165, 1.54) is 29.9 Å². The van der Waals surface area contributed by atoms with Crippen LogP contribution in [0.15, 0.2) is 40.9 Å². The van der Waals surface area contributed by atoms with Gasteiger partial charge in [0, 0.05) is 56.0 Å². The first-order valence-electron chi connectivity index (χ1n) is 10.1. The summed E-state index contributed by atoms with van der Waals surface area (Å²) in [4.78, 5) is 22.4. The summed E-state index contributed by atoms with van der Waals surface area (Å²) in [7, 11) is 0. The van der Waals surface area contributed by atoms with Crippen LogP contribution in [0.2, 0.25) is 0 Å². The van der Waals surface area contributed by atoms with Crippen LogP contribution in [0.4, 0.5) is 5.69 Å². The summed E-state index contributed by atoms with van der Waals surface area (Å²) in [6, 6.07) is 6.46. The normalized spacial score (nSPS) is 18.9. The molecule has 0 spiro atoms. The van der Waals surface area contributed by atoms with Crippen molar-refractivity contribution in [1.82, 2.24) is 18.8 Å². The quantitative estimate of drug-likeness (QED) is 0.679. The van der Waals surface area contributed by atoms with Gasteiger partial charge in [-0.15, -0.1) is 0 Å². The third-order valence-corrected chi connectivity index (χ3v) is 6.75. The zero-order valence-corrected chi connectivity index (χ0v) is 16.8. The lowest BCUT2D eigenvalue weighted by Gasteiger charge is -2.36. The van der Waals surface area contributed by atoms with E-state index in [-0.39, 0.29) is 5.56 Å². The van der Waals surface area contributed by atoms with E-state index >= 15 is 0 Å². The molecule has 2 aliphatic rings. The first-order valence-corrected chi connectivity index (χ1v) is 11.0. The predicted octanol–water partition coefficient (Wildman–Crippen LogP) is 3.29. The largest absolute Gasteiger partial charge is 0.369 e. The summed E-state index contributed by atoms with van der Waals surface area (Å²) in [6.45, 7) is 5.02. The van der Waals surface area contributed by atoms with Crippen LogP contribution in [0.1, 0.15) is 37.3 Å². The average molecular weight is 396 g/mol. The smallest absolute Gasteiger partial charge is 0.261 e. The third-order valence-electron chi connectivity index (χ3n) is 6.11. The molecule has 3 heterocycles. The first-order chi connectivity index (χ1) is 13.8. The Balaban J connectivity index is 1.31. The second kappa shape index (κ2) is 7.64. The molecule has 2 aromatic heterocycles. The lowest BCUT2D eigenvalue weighted by atomic mass is 10.1. The van der Waals surface area contributed by atoms with Gasteiger partial charge in [0.05, 0.1) is 17.2 Å². The van der Waals surface area contributed by atoms with Crippen LogP contribution in [-0.4, -0.2) is 45.0 Å². The molecule has 7 heteroatoms. The fraction of sp³-hybridized carbons (Fsp3) is 0.476. The molecule has 6 nitrogen and oxygen atoms in total. The second-order valence-electron chi connectivity index (χ2n) is 7.89. The Hall–Kier alpha value is -2.25. The molecule has 0 bridgehead atoms. The average Bonchev–Trinajstić information content (AvgIpc) is 3.43. The molecule has 0 amide bonds. The van der Waals surface area contributed by atoms with Crippen molar-refractivity contribution >= 4 is 28.1 Å². The van der Waals surface area contributed by atoms with Crippen LogP contribution in [0, 0.1) is 0 Å². The van der Waals surface area contributed by atoms with E-state index in [0.29, 0.717) is 6.04 Å². The van der Waals surface area contributed by atoms with E-state index in [0.717, 1.165) is 62.2 Å². The molecular weight excluding hydrogens is 370 g/mol. The molecule has 1 aliphatic carbocycles. The van der Waals surface area contributed by atoms with Gasteiger partial charge >= 0.3 is 0 Å². The number of hydrogen-bond donors (Lipinski definition) is 0. The number of aromatic nitrogens is 3. The van der Waals surface area contributed by atoms with Gasteiger partial charge < -0.3 is 4.90 Å². The zero-order chi connectivity index (χ0) is 18.9. The minimum Gasteiger partial charge on any atom is -0.369 e. The summed E-state index contributed by atoms with van der Waals surface area (Å²) in [6.07, 6.45) is 8.33. The number of rotatable bonds is 4. The van der Waals surface area contributed by atoms with Crippen molar-refractivity contribution in [2.45, 2.75) is 38.3 Å². The molecule has 0 N–H and O–H groups in total. The second-order valence-corrected chi connectivity index (χ2v) is 8.55. The van der Waals surface area contributed by atoms with Gasteiger partial charge in [-0.2, -0.15) is 0 Å². The van der Waals surface area contributed by atoms with Gasteiger partial charge in [-0.25, -0.2) is 9.36 Å². The third kappa shape index (κ3) is 3.44. The van der Waals surface area contributed by atoms with E-state index < -0.39 is 0 Å². The molecule has 3 aromatic rings. The molecule has 2 fully saturated rings. The summed E-state index contributed by atoms with van der Waals surface area (Å²) < 4.78 is 6.04. The minimum absolute atomic E-state index is 0.109. The molecular formula is C21H25N5OS. The summed E-state index contributed by atoms with van der Waals surface area (Å²) >= 11 is 1.52. The topological polar surface area (TPSA) is 54.3 Å². The standard InChI is InChI=1S/C21H25N5OS/c27-21-19-6-5-18(11-20(19)22-15-26(21)17-3-1-2-4-17)25-9-7-24(8-10-25)13-16-12-23-28-14-16/h5-6,11-12,14-15,17H,1-4,7-10,13H2. The van der Waals surface area contributed by atoms with Crippen LogP contribution in [0.3, 0.4) is 0 Å². The number of piperazine rings is 1. The van der Waals surface area contributed by atoms with E-state index in [2.05, 4.69) is 36.7 Å². The number of fused-ring (bicyclic) bond motifs is 1. The molecule has 146 valence electrons. The van der Waals surface area contributed by atoms with Crippen molar-refractivity contribution in [3.8, 4) is 0 Å². The van der Waals surface area contributed by atoms with Gasteiger partial charge in [0.15, 0.2) is 0 Å². The summed E-state index contributed by atoms with van der Waals surface area (Å²) in [5.41, 5.74) is 3.38. The van der Waals surface area contributed by atoms with E-state index in [4.69, 9.17) is 0 Å². The maximum absolute atomic E-state index is 12.9. The molecule has 5 rings (SSSR count). The molecule has 0 radical (unpaired) electrons. The Morgan fingerprint density at radius 3 is 2.68 bits per heavy atom. The van der Waals surface area contributed by atoms with Crippen molar-refractivity contribution in [2.75, 3.05) is 31.1 Å². The van der Waals surface area contributed by atoms with Gasteiger partial charge in [0.25, 0.3) is 5.56 Å². The monoisotopic (exact) mass is 395 g/mol. The number of hydrogen-bond acceptors (Lipinski definition) is 6. The Labute approximate surface area is 168 Å². The molecule has 1 aromatic carbocycles. The van der Waals surface area contributed by atoms with Gasteiger partial charge in [0.2, 0.25) is 0 Å². The van der Waals surface area contributed by atoms with Crippen molar-refractivity contribution < 1.29 is 0 Å². The van der Waals surface area contributed by atoms with Crippen molar-refractivity contribution in [3.63, 3.8) is 0 Å². The van der Waals surface area contributed by atoms with Crippen LogP contribution in [0.25, 0.3) is 10.9 Å². The Kier molecular flexibility index (Phi) is 4.86. The van der Waals surface area contributed by atoms with E-state index in [9.17, 15) is 4.79 Å². The number of anilines is 1. The highest BCUT2D eigenvalue weighted by Gasteiger charge is 2.21. The zero-order valence-electron chi connectivity index (χ0n) is 16.0. The Morgan fingerprint density at radius 2 is 1.93 bits per heavy atom. The fourth-order valence-corrected chi connectivity index (χ4v) is 5.02. The Morgan fingerprint density at radius 1 is 1.11 bits per heavy atom. The molecule has 28 heavy (non-hydrogen) atoms. The maximum atomic E-state index is 12.9. The van der Waals surface area contributed by atoms with Gasteiger partial charge in [-0.3, -0.25) is 14.3 Å². The Bertz CT molecular complexity index is 1000. The highest BCUT2D eigenvalue weighted by molar-refractivity contribution is 7.03. The molecule has 1 saturated heterocycles. The van der Waals surface area contributed by atoms with Gasteiger partial charge in [0.1, 0.15) is 0 Å². The van der Waals surface area contributed by atoms with Crippen LogP contribution in [0.5, 0.6) is 0 Å². The van der Waals surface area contributed by atoms with Crippen molar-refractivity contribution in [1.29, 1.82) is 0 Å². The van der Waals surface area contributed by atoms with Crippen molar-refractivity contribution in [2.24, 2.45) is 0 Å². The van der Waals surface area contributed by atoms with Crippen LogP contribution >= 0.6 is 11.5 Å². The van der Waals surface area contributed by atoms with Gasteiger partial charge in [-0.1, -0.05) is 12.8 Å². The van der Waals surface area contributed by atoms with Crippen LogP contribution < -0.4 is 10.5 Å². The fourth-order valence-electron chi connectivity index (χ4n) is 4.49. The molecule has 0 unspecified atom stereocenters. The maximum Gasteiger partial charge on any atom is 0.261 e. The predicted molar refractivity (Wildman–Crippen MR) is 113 cm³/mol. The first kappa shape index (κ1) is 17.8. The summed E-state index contributed by atoms with van der Waals surface area (Å²) in [5.74, 6) is 0. The highest BCUT2D eigenvalue weighted by Crippen LogP contribution is 2.28. The number of nitrogens with zero attached hydrogens (tertiary/aromatic N) is 5. The summed E-state index contributed by atoms with van der Waals surface area (Å²) in [5, 5.41) is 2.86. The van der Waals surface area contributed by atoms with E-state index in [1.807, 2.05) is 16.8 Å². The molecule has 0 atom stereocenters. The molecule has 1 aliphatic heterocycles. The van der Waals surface area contributed by atoms with Crippen LogP contribution in [-0.2, 0) is 6.54 Å². The lowest BCUT2D eigenvalue weighted by molar-refractivity contribution is 0.250. The SMILES string of the molecule is O=c1c2ccc(N3CCN(Cc4cnsc4)CC3)cc2ncn1C1CCCC1. The van der Waals surface area contributed by atoms with E-state index in [1.54, 1.807) is 6.33 Å². The van der Waals surface area contributed by atoms with Crippen molar-refractivity contribution in [3.05, 3.63) is 52.0 Å². The molecule has 1 saturated carbocycles.